The van der Waals surface area contributed by atoms with Crippen molar-refractivity contribution in [2.75, 3.05) is 26.3 Å². The number of nitrogens with zero attached hydrogens (tertiary/aromatic N) is 1. The minimum absolute atomic E-state index is 0.0842. The molecule has 1 heterocycles. The molecule has 1 saturated heterocycles. The van der Waals surface area contributed by atoms with E-state index < -0.39 is 0 Å². The van der Waals surface area contributed by atoms with Crippen LogP contribution in [0.3, 0.4) is 0 Å². The highest BCUT2D eigenvalue weighted by atomic mass is 16.5. The molecule has 0 spiro atoms. The van der Waals surface area contributed by atoms with Crippen molar-refractivity contribution in [3.05, 3.63) is 0 Å². The van der Waals surface area contributed by atoms with E-state index >= 15 is 0 Å². The lowest BCUT2D eigenvalue weighted by Crippen LogP contribution is -2.41. The standard InChI is InChI=1S/C12H21NO3/c14-7-8-16-11-3-5-13(6-4-11)12(15)9-10-1-2-10/h10-11,14H,1-9H2. The van der Waals surface area contributed by atoms with Crippen molar-refractivity contribution in [3.8, 4) is 0 Å². The van der Waals surface area contributed by atoms with Gasteiger partial charge in [-0.2, -0.15) is 0 Å². The molecule has 4 heteroatoms. The van der Waals surface area contributed by atoms with Crippen LogP contribution in [0.2, 0.25) is 0 Å². The number of hydrogen-bond acceptors (Lipinski definition) is 3. The van der Waals surface area contributed by atoms with Crippen LogP contribution in [0, 0.1) is 5.92 Å². The summed E-state index contributed by atoms with van der Waals surface area (Å²) in [4.78, 5) is 13.8. The summed E-state index contributed by atoms with van der Waals surface area (Å²) in [5, 5.41) is 8.65. The maximum atomic E-state index is 11.8. The van der Waals surface area contributed by atoms with E-state index in [1.165, 1.54) is 12.8 Å². The second kappa shape index (κ2) is 5.64. The molecule has 1 saturated carbocycles. The highest BCUT2D eigenvalue weighted by Gasteiger charge is 2.29. The van der Waals surface area contributed by atoms with Gasteiger partial charge in [0.1, 0.15) is 0 Å². The van der Waals surface area contributed by atoms with Crippen molar-refractivity contribution in [2.45, 2.75) is 38.2 Å². The second-order valence-corrected chi connectivity index (χ2v) is 4.82. The van der Waals surface area contributed by atoms with Crippen molar-refractivity contribution >= 4 is 5.91 Å². The number of hydrogen-bond donors (Lipinski definition) is 1. The maximum Gasteiger partial charge on any atom is 0.222 e. The van der Waals surface area contributed by atoms with Gasteiger partial charge in [-0.1, -0.05) is 0 Å². The summed E-state index contributed by atoms with van der Waals surface area (Å²) >= 11 is 0. The largest absolute Gasteiger partial charge is 0.394 e. The molecule has 92 valence electrons. The first-order valence-corrected chi connectivity index (χ1v) is 6.30. The number of piperidine rings is 1. The lowest BCUT2D eigenvalue weighted by molar-refractivity contribution is -0.134. The molecule has 16 heavy (non-hydrogen) atoms. The number of carbonyl (C=O) groups excluding carboxylic acids is 1. The Kier molecular flexibility index (Phi) is 4.18. The fourth-order valence-corrected chi connectivity index (χ4v) is 2.19. The molecular weight excluding hydrogens is 206 g/mol. The molecule has 2 aliphatic rings. The van der Waals surface area contributed by atoms with E-state index in [9.17, 15) is 4.79 Å². The summed E-state index contributed by atoms with van der Waals surface area (Å²) in [5.41, 5.74) is 0. The molecule has 1 N–H and O–H groups in total. The van der Waals surface area contributed by atoms with Crippen LogP contribution >= 0.6 is 0 Å². The minimum atomic E-state index is 0.0842. The van der Waals surface area contributed by atoms with Crippen LogP contribution in [0.5, 0.6) is 0 Å². The third-order valence-corrected chi connectivity index (χ3v) is 3.40. The van der Waals surface area contributed by atoms with E-state index in [1.807, 2.05) is 4.90 Å². The Morgan fingerprint density at radius 1 is 1.25 bits per heavy atom. The van der Waals surface area contributed by atoms with E-state index in [2.05, 4.69) is 0 Å². The normalized spacial score (nSPS) is 22.4. The number of rotatable bonds is 5. The predicted octanol–water partition coefficient (Wildman–Crippen LogP) is 0.786. The number of likely N-dealkylation sites (tertiary alicyclic amines) is 1. The van der Waals surface area contributed by atoms with Crippen molar-refractivity contribution in [1.29, 1.82) is 0 Å². The summed E-state index contributed by atoms with van der Waals surface area (Å²) < 4.78 is 5.47. The van der Waals surface area contributed by atoms with Crippen LogP contribution in [0.25, 0.3) is 0 Å². The van der Waals surface area contributed by atoms with E-state index in [1.54, 1.807) is 0 Å². The third kappa shape index (κ3) is 3.46. The first kappa shape index (κ1) is 11.9. The lowest BCUT2D eigenvalue weighted by Gasteiger charge is -2.32. The van der Waals surface area contributed by atoms with Gasteiger partial charge in [-0.05, 0) is 31.6 Å². The molecule has 0 unspecified atom stereocenters. The van der Waals surface area contributed by atoms with Gasteiger partial charge in [0.15, 0.2) is 0 Å². The van der Waals surface area contributed by atoms with Crippen LogP contribution in [0.1, 0.15) is 32.1 Å². The average molecular weight is 227 g/mol. The zero-order valence-electron chi connectivity index (χ0n) is 9.73. The van der Waals surface area contributed by atoms with Gasteiger partial charge in [-0.3, -0.25) is 4.79 Å². The summed E-state index contributed by atoms with van der Waals surface area (Å²) in [6, 6.07) is 0. The van der Waals surface area contributed by atoms with Gasteiger partial charge in [0.05, 0.1) is 19.3 Å². The van der Waals surface area contributed by atoms with E-state index in [0.717, 1.165) is 32.4 Å². The Hall–Kier alpha value is -0.610. The summed E-state index contributed by atoms with van der Waals surface area (Å²) in [7, 11) is 0. The monoisotopic (exact) mass is 227 g/mol. The van der Waals surface area contributed by atoms with Gasteiger partial charge in [-0.15, -0.1) is 0 Å². The van der Waals surface area contributed by atoms with E-state index in [-0.39, 0.29) is 12.7 Å². The summed E-state index contributed by atoms with van der Waals surface area (Å²) in [5.74, 6) is 0.999. The maximum absolute atomic E-state index is 11.8. The summed E-state index contributed by atoms with van der Waals surface area (Å²) in [6.07, 6.45) is 5.29. The van der Waals surface area contributed by atoms with Gasteiger partial charge in [0.25, 0.3) is 0 Å². The zero-order valence-corrected chi connectivity index (χ0v) is 9.73. The molecule has 2 fully saturated rings. The molecule has 4 nitrogen and oxygen atoms in total. The Balaban J connectivity index is 1.65. The first-order chi connectivity index (χ1) is 7.79. The molecule has 0 atom stereocenters. The van der Waals surface area contributed by atoms with Crippen molar-refractivity contribution in [1.82, 2.24) is 4.90 Å². The summed E-state index contributed by atoms with van der Waals surface area (Å²) in [6.45, 7) is 2.14. The Morgan fingerprint density at radius 3 is 2.50 bits per heavy atom. The van der Waals surface area contributed by atoms with Crippen LogP contribution < -0.4 is 0 Å². The van der Waals surface area contributed by atoms with Crippen molar-refractivity contribution in [2.24, 2.45) is 5.92 Å². The second-order valence-electron chi connectivity index (χ2n) is 4.82. The molecule has 0 bridgehead atoms. The fourth-order valence-electron chi connectivity index (χ4n) is 2.19. The molecular formula is C12H21NO3. The van der Waals surface area contributed by atoms with Crippen molar-refractivity contribution in [3.63, 3.8) is 0 Å². The van der Waals surface area contributed by atoms with Gasteiger partial charge in [0.2, 0.25) is 5.91 Å². The molecule has 0 aromatic heterocycles. The molecule has 0 aromatic rings. The SMILES string of the molecule is O=C(CC1CC1)N1CCC(OCCO)CC1. The Morgan fingerprint density at radius 2 is 1.94 bits per heavy atom. The third-order valence-electron chi connectivity index (χ3n) is 3.40. The molecule has 2 rings (SSSR count). The molecule has 1 aliphatic carbocycles. The van der Waals surface area contributed by atoms with Gasteiger partial charge in [0, 0.05) is 19.5 Å². The average Bonchev–Trinajstić information content (AvgIpc) is 3.11. The number of aliphatic hydroxyl groups is 1. The van der Waals surface area contributed by atoms with Crippen molar-refractivity contribution < 1.29 is 14.6 Å². The number of carbonyl (C=O) groups is 1. The fraction of sp³-hybridized carbons (Fsp3) is 0.917. The molecule has 0 aromatic carbocycles. The highest BCUT2D eigenvalue weighted by Crippen LogP contribution is 2.33. The van der Waals surface area contributed by atoms with Gasteiger partial charge >= 0.3 is 0 Å². The molecule has 1 aliphatic heterocycles. The number of aliphatic hydroxyl groups excluding tert-OH is 1. The van der Waals surface area contributed by atoms with Gasteiger partial charge < -0.3 is 14.7 Å². The number of ether oxygens (including phenoxy) is 1. The molecule has 0 radical (unpaired) electrons. The highest BCUT2D eigenvalue weighted by molar-refractivity contribution is 5.76. The van der Waals surface area contributed by atoms with E-state index in [4.69, 9.17) is 9.84 Å². The lowest BCUT2D eigenvalue weighted by atomic mass is 10.1. The minimum Gasteiger partial charge on any atom is -0.394 e. The zero-order chi connectivity index (χ0) is 11.4. The Labute approximate surface area is 96.6 Å². The Bertz CT molecular complexity index is 232. The van der Waals surface area contributed by atoms with Crippen LogP contribution in [0.15, 0.2) is 0 Å². The van der Waals surface area contributed by atoms with Gasteiger partial charge in [-0.25, -0.2) is 0 Å². The van der Waals surface area contributed by atoms with Crippen LogP contribution in [0.4, 0.5) is 0 Å². The molecule has 1 amide bonds. The van der Waals surface area contributed by atoms with Crippen LogP contribution in [-0.4, -0.2) is 48.3 Å². The topological polar surface area (TPSA) is 49.8 Å². The first-order valence-electron chi connectivity index (χ1n) is 6.30. The predicted molar refractivity (Wildman–Crippen MR) is 60.0 cm³/mol. The number of amides is 1. The quantitative estimate of drug-likeness (QED) is 0.755. The van der Waals surface area contributed by atoms with E-state index in [0.29, 0.717) is 18.4 Å². The van der Waals surface area contributed by atoms with Crippen LogP contribution in [-0.2, 0) is 9.53 Å². The smallest absolute Gasteiger partial charge is 0.222 e.